The molecular weight excluding hydrogens is 267 g/mol. The molecule has 0 aromatic heterocycles. The lowest BCUT2D eigenvalue weighted by molar-refractivity contribution is 0.313. The van der Waals surface area contributed by atoms with Crippen LogP contribution in [0.3, 0.4) is 0 Å². The molecule has 0 radical (unpaired) electrons. The highest BCUT2D eigenvalue weighted by Gasteiger charge is 2.34. The van der Waals surface area contributed by atoms with E-state index < -0.39 is 0 Å². The van der Waals surface area contributed by atoms with Crippen molar-refractivity contribution >= 4 is 23.2 Å². The average molecular weight is 285 g/mol. The van der Waals surface area contributed by atoms with Gasteiger partial charge in [-0.25, -0.2) is 0 Å². The van der Waals surface area contributed by atoms with Crippen LogP contribution in [0.4, 0.5) is 0 Å². The van der Waals surface area contributed by atoms with Crippen molar-refractivity contribution in [2.45, 2.75) is 25.4 Å². The largest absolute Gasteiger partial charge is 0.312 e. The van der Waals surface area contributed by atoms with Gasteiger partial charge in [0.1, 0.15) is 0 Å². The zero-order valence-electron chi connectivity index (χ0n) is 10.3. The molecule has 0 aliphatic carbocycles. The lowest BCUT2D eigenvalue weighted by atomic mass is 9.94. The second-order valence-electron chi connectivity index (χ2n) is 5.36. The summed E-state index contributed by atoms with van der Waals surface area (Å²) in [5.74, 6) is 0.806. The summed E-state index contributed by atoms with van der Waals surface area (Å²) in [7, 11) is 0. The first-order valence-corrected chi connectivity index (χ1v) is 7.38. The van der Waals surface area contributed by atoms with Crippen molar-refractivity contribution in [1.82, 2.24) is 10.2 Å². The van der Waals surface area contributed by atoms with Gasteiger partial charge < -0.3 is 5.32 Å². The predicted octanol–water partition coefficient (Wildman–Crippen LogP) is 3.18. The molecule has 0 unspecified atom stereocenters. The minimum atomic E-state index is 0.667. The van der Waals surface area contributed by atoms with Gasteiger partial charge in [-0.15, -0.1) is 0 Å². The standard InChI is InChI=1S/C14H18Cl2N2/c15-12-4-1-5-13(16)11(12)8-18-7-10-3-2-6-17-14(10)9-18/h1,4-5,10,14,17H,2-3,6-9H2/t10-,14+/m0/s1. The fourth-order valence-corrected chi connectivity index (χ4v) is 3.69. The van der Waals surface area contributed by atoms with Gasteiger partial charge in [0.25, 0.3) is 0 Å². The molecule has 2 heterocycles. The minimum absolute atomic E-state index is 0.667. The molecule has 2 nitrogen and oxygen atoms in total. The molecule has 4 heteroatoms. The van der Waals surface area contributed by atoms with Gasteiger partial charge in [0.05, 0.1) is 0 Å². The van der Waals surface area contributed by atoms with Crippen LogP contribution in [0, 0.1) is 5.92 Å². The minimum Gasteiger partial charge on any atom is -0.312 e. The summed E-state index contributed by atoms with van der Waals surface area (Å²) in [6.07, 6.45) is 2.66. The van der Waals surface area contributed by atoms with Crippen LogP contribution in [-0.4, -0.2) is 30.6 Å². The van der Waals surface area contributed by atoms with Crippen molar-refractivity contribution < 1.29 is 0 Å². The van der Waals surface area contributed by atoms with E-state index in [9.17, 15) is 0 Å². The zero-order chi connectivity index (χ0) is 12.5. The van der Waals surface area contributed by atoms with Crippen LogP contribution in [-0.2, 0) is 6.54 Å². The second-order valence-corrected chi connectivity index (χ2v) is 6.17. The molecular formula is C14H18Cl2N2. The summed E-state index contributed by atoms with van der Waals surface area (Å²) in [6.45, 7) is 4.32. The summed E-state index contributed by atoms with van der Waals surface area (Å²) in [6, 6.07) is 6.41. The van der Waals surface area contributed by atoms with Crippen LogP contribution >= 0.6 is 23.2 Å². The number of benzene rings is 1. The Morgan fingerprint density at radius 3 is 2.72 bits per heavy atom. The first kappa shape index (κ1) is 12.7. The normalized spacial score (nSPS) is 28.3. The number of nitrogens with one attached hydrogen (secondary N) is 1. The summed E-state index contributed by atoms with van der Waals surface area (Å²) >= 11 is 12.5. The molecule has 2 saturated heterocycles. The van der Waals surface area contributed by atoms with Crippen LogP contribution in [0.2, 0.25) is 10.0 Å². The van der Waals surface area contributed by atoms with Crippen molar-refractivity contribution in [2.24, 2.45) is 5.92 Å². The molecule has 0 saturated carbocycles. The van der Waals surface area contributed by atoms with Crippen LogP contribution in [0.1, 0.15) is 18.4 Å². The van der Waals surface area contributed by atoms with Gasteiger partial charge in [0, 0.05) is 41.3 Å². The molecule has 0 bridgehead atoms. The molecule has 1 aromatic carbocycles. The molecule has 98 valence electrons. The Balaban J connectivity index is 1.70. The molecule has 1 aromatic rings. The highest BCUT2D eigenvalue weighted by molar-refractivity contribution is 6.35. The SMILES string of the molecule is Clc1cccc(Cl)c1CN1C[C@@H]2CCCN[C@@H]2C1. The van der Waals surface area contributed by atoms with Gasteiger partial charge in [-0.2, -0.15) is 0 Å². The van der Waals surface area contributed by atoms with Gasteiger partial charge in [-0.3, -0.25) is 4.90 Å². The van der Waals surface area contributed by atoms with Gasteiger partial charge in [-0.1, -0.05) is 29.3 Å². The van der Waals surface area contributed by atoms with E-state index in [1.165, 1.54) is 25.9 Å². The van der Waals surface area contributed by atoms with Gasteiger partial charge >= 0.3 is 0 Å². The van der Waals surface area contributed by atoms with E-state index in [0.717, 1.165) is 34.6 Å². The van der Waals surface area contributed by atoms with E-state index in [0.29, 0.717) is 6.04 Å². The maximum Gasteiger partial charge on any atom is 0.0465 e. The first-order valence-electron chi connectivity index (χ1n) is 6.62. The molecule has 1 N–H and O–H groups in total. The lowest BCUT2D eigenvalue weighted by Crippen LogP contribution is -2.40. The van der Waals surface area contributed by atoms with Crippen molar-refractivity contribution in [1.29, 1.82) is 0 Å². The van der Waals surface area contributed by atoms with Crippen LogP contribution in [0.5, 0.6) is 0 Å². The summed E-state index contributed by atoms with van der Waals surface area (Å²) in [5.41, 5.74) is 1.07. The maximum absolute atomic E-state index is 6.23. The number of hydrogen-bond donors (Lipinski definition) is 1. The Hall–Kier alpha value is -0.280. The Bertz CT molecular complexity index is 402. The predicted molar refractivity (Wildman–Crippen MR) is 76.3 cm³/mol. The third kappa shape index (κ3) is 2.53. The molecule has 3 rings (SSSR count). The fraction of sp³-hybridized carbons (Fsp3) is 0.571. The van der Waals surface area contributed by atoms with E-state index in [1.807, 2.05) is 18.2 Å². The first-order chi connectivity index (χ1) is 8.74. The van der Waals surface area contributed by atoms with Crippen molar-refractivity contribution in [2.75, 3.05) is 19.6 Å². The van der Waals surface area contributed by atoms with Crippen molar-refractivity contribution in [3.05, 3.63) is 33.8 Å². The van der Waals surface area contributed by atoms with Crippen LogP contribution in [0.25, 0.3) is 0 Å². The molecule has 18 heavy (non-hydrogen) atoms. The molecule has 2 fully saturated rings. The Kier molecular flexibility index (Phi) is 3.81. The van der Waals surface area contributed by atoms with Crippen LogP contribution < -0.4 is 5.32 Å². The number of likely N-dealkylation sites (tertiary alicyclic amines) is 1. The number of nitrogens with zero attached hydrogens (tertiary/aromatic N) is 1. The fourth-order valence-electron chi connectivity index (χ4n) is 3.17. The topological polar surface area (TPSA) is 15.3 Å². The Labute approximate surface area is 118 Å². The van der Waals surface area contributed by atoms with E-state index in [4.69, 9.17) is 23.2 Å². The number of halogens is 2. The smallest absolute Gasteiger partial charge is 0.0465 e. The van der Waals surface area contributed by atoms with Crippen molar-refractivity contribution in [3.63, 3.8) is 0 Å². The number of hydrogen-bond acceptors (Lipinski definition) is 2. The molecule has 2 atom stereocenters. The highest BCUT2D eigenvalue weighted by Crippen LogP contribution is 2.30. The average Bonchev–Trinajstić information content (AvgIpc) is 2.76. The second kappa shape index (κ2) is 5.38. The zero-order valence-corrected chi connectivity index (χ0v) is 11.8. The molecule has 0 amide bonds. The Morgan fingerprint density at radius 2 is 2.00 bits per heavy atom. The number of fused-ring (bicyclic) bond motifs is 1. The molecule has 2 aliphatic rings. The third-order valence-electron chi connectivity index (χ3n) is 4.12. The molecule has 2 aliphatic heterocycles. The monoisotopic (exact) mass is 284 g/mol. The number of piperidine rings is 1. The van der Waals surface area contributed by atoms with Gasteiger partial charge in [-0.05, 0) is 37.4 Å². The highest BCUT2D eigenvalue weighted by atomic mass is 35.5. The summed E-state index contributed by atoms with van der Waals surface area (Å²) in [4.78, 5) is 2.47. The quantitative estimate of drug-likeness (QED) is 0.898. The summed E-state index contributed by atoms with van der Waals surface area (Å²) in [5, 5.41) is 5.18. The van der Waals surface area contributed by atoms with Crippen LogP contribution in [0.15, 0.2) is 18.2 Å². The maximum atomic E-state index is 6.23. The van der Waals surface area contributed by atoms with E-state index in [-0.39, 0.29) is 0 Å². The third-order valence-corrected chi connectivity index (χ3v) is 4.83. The van der Waals surface area contributed by atoms with Gasteiger partial charge in [0.2, 0.25) is 0 Å². The van der Waals surface area contributed by atoms with E-state index in [1.54, 1.807) is 0 Å². The molecule has 0 spiro atoms. The van der Waals surface area contributed by atoms with Gasteiger partial charge in [0.15, 0.2) is 0 Å². The van der Waals surface area contributed by atoms with E-state index in [2.05, 4.69) is 10.2 Å². The number of rotatable bonds is 2. The summed E-state index contributed by atoms with van der Waals surface area (Å²) < 4.78 is 0. The Morgan fingerprint density at radius 1 is 1.22 bits per heavy atom. The van der Waals surface area contributed by atoms with Crippen molar-refractivity contribution in [3.8, 4) is 0 Å². The van der Waals surface area contributed by atoms with E-state index >= 15 is 0 Å². The lowest BCUT2D eigenvalue weighted by Gasteiger charge is -2.24.